The molecule has 0 bridgehead atoms. The SMILES string of the molecule is C[C@@H](N(Cc1ccc(F)cc1)C(=O)CN1C(O)OC2(CCc3ccccc32)C1O)C(F)(F)F. The van der Waals surface area contributed by atoms with Crippen molar-refractivity contribution in [2.45, 2.75) is 56.8 Å². The predicted octanol–water partition coefficient (Wildman–Crippen LogP) is 2.87. The Labute approximate surface area is 188 Å². The molecule has 33 heavy (non-hydrogen) atoms. The third-order valence-electron chi connectivity index (χ3n) is 6.42. The molecule has 4 atom stereocenters. The monoisotopic (exact) mass is 468 g/mol. The van der Waals surface area contributed by atoms with Crippen LogP contribution in [0.25, 0.3) is 0 Å². The van der Waals surface area contributed by atoms with Crippen molar-refractivity contribution in [1.82, 2.24) is 9.80 Å². The molecule has 1 amide bonds. The van der Waals surface area contributed by atoms with Gasteiger partial charge in [0.1, 0.15) is 23.7 Å². The second-order valence-electron chi connectivity index (χ2n) is 8.40. The summed E-state index contributed by atoms with van der Waals surface area (Å²) in [6.07, 6.45) is -6.88. The summed E-state index contributed by atoms with van der Waals surface area (Å²) in [4.78, 5) is 14.6. The normalized spacial score (nSPS) is 25.9. The van der Waals surface area contributed by atoms with E-state index in [4.69, 9.17) is 4.74 Å². The number of carbonyl (C=O) groups is 1. The maximum absolute atomic E-state index is 13.5. The number of aryl methyl sites for hydroxylation is 1. The van der Waals surface area contributed by atoms with Gasteiger partial charge in [-0.15, -0.1) is 0 Å². The van der Waals surface area contributed by atoms with Crippen LogP contribution in [-0.2, 0) is 28.1 Å². The van der Waals surface area contributed by atoms with Gasteiger partial charge in [0.25, 0.3) is 0 Å². The van der Waals surface area contributed by atoms with Gasteiger partial charge >= 0.3 is 6.18 Å². The van der Waals surface area contributed by atoms with Crippen molar-refractivity contribution in [3.05, 3.63) is 71.0 Å². The van der Waals surface area contributed by atoms with E-state index in [0.717, 1.165) is 29.5 Å². The molecule has 10 heteroatoms. The Morgan fingerprint density at radius 1 is 1.21 bits per heavy atom. The molecule has 0 saturated carbocycles. The molecule has 1 saturated heterocycles. The number of carbonyl (C=O) groups excluding carboxylic acids is 1. The lowest BCUT2D eigenvalue weighted by Gasteiger charge is -2.33. The summed E-state index contributed by atoms with van der Waals surface area (Å²) in [5.74, 6) is -1.52. The molecule has 178 valence electrons. The second kappa shape index (κ2) is 8.68. The highest BCUT2D eigenvalue weighted by Crippen LogP contribution is 2.48. The molecule has 2 N–H and O–H groups in total. The van der Waals surface area contributed by atoms with Crippen LogP contribution in [0.15, 0.2) is 48.5 Å². The van der Waals surface area contributed by atoms with Gasteiger partial charge in [-0.3, -0.25) is 4.79 Å². The van der Waals surface area contributed by atoms with Crippen LogP contribution in [0.4, 0.5) is 17.6 Å². The lowest BCUT2D eigenvalue weighted by Crippen LogP contribution is -2.52. The molecule has 3 unspecified atom stereocenters. The number of nitrogens with zero attached hydrogens (tertiary/aromatic N) is 2. The van der Waals surface area contributed by atoms with E-state index in [2.05, 4.69) is 0 Å². The van der Waals surface area contributed by atoms with Crippen LogP contribution in [0.3, 0.4) is 0 Å². The quantitative estimate of drug-likeness (QED) is 0.661. The lowest BCUT2D eigenvalue weighted by molar-refractivity contribution is -0.194. The van der Waals surface area contributed by atoms with Crippen LogP contribution >= 0.6 is 0 Å². The Hall–Kier alpha value is -2.53. The number of alkyl halides is 3. The molecule has 1 fully saturated rings. The molecule has 2 aliphatic rings. The summed E-state index contributed by atoms with van der Waals surface area (Å²) in [6.45, 7) is -0.272. The number of aliphatic hydroxyl groups is 2. The summed E-state index contributed by atoms with van der Waals surface area (Å²) in [6, 6.07) is 9.87. The van der Waals surface area contributed by atoms with Crippen molar-refractivity contribution in [3.63, 3.8) is 0 Å². The number of fused-ring (bicyclic) bond motifs is 2. The van der Waals surface area contributed by atoms with Crippen LogP contribution in [0.1, 0.15) is 30.0 Å². The third kappa shape index (κ3) is 4.35. The van der Waals surface area contributed by atoms with Crippen LogP contribution in [0, 0.1) is 5.82 Å². The standard InChI is InChI=1S/C23H24F4N2O4/c1-14(23(25,26)27)28(12-15-6-8-17(24)9-7-15)19(30)13-29-20(31)22(33-21(29)32)11-10-16-4-2-3-5-18(16)22/h2-9,14,20-21,31-32H,10-13H2,1H3/t14-,20?,21?,22?/m1/s1. The first-order chi connectivity index (χ1) is 15.5. The van der Waals surface area contributed by atoms with Gasteiger partial charge in [0.15, 0.2) is 0 Å². The predicted molar refractivity (Wildman–Crippen MR) is 109 cm³/mol. The first-order valence-corrected chi connectivity index (χ1v) is 10.5. The van der Waals surface area contributed by atoms with E-state index >= 15 is 0 Å². The largest absolute Gasteiger partial charge is 0.408 e. The number of hydrogen-bond acceptors (Lipinski definition) is 5. The van der Waals surface area contributed by atoms with E-state index in [-0.39, 0.29) is 0 Å². The number of benzene rings is 2. The van der Waals surface area contributed by atoms with Crippen LogP contribution < -0.4 is 0 Å². The lowest BCUT2D eigenvalue weighted by atomic mass is 9.94. The smallest absolute Gasteiger partial charge is 0.375 e. The average molecular weight is 468 g/mol. The molecule has 0 radical (unpaired) electrons. The zero-order valence-corrected chi connectivity index (χ0v) is 17.8. The topological polar surface area (TPSA) is 73.2 Å². The Morgan fingerprint density at radius 2 is 1.88 bits per heavy atom. The van der Waals surface area contributed by atoms with E-state index in [0.29, 0.717) is 28.9 Å². The number of amides is 1. The zero-order valence-electron chi connectivity index (χ0n) is 17.8. The minimum Gasteiger partial charge on any atom is -0.375 e. The molecule has 2 aromatic rings. The first kappa shape index (κ1) is 23.6. The van der Waals surface area contributed by atoms with E-state index < -0.39 is 55.3 Å². The summed E-state index contributed by atoms with van der Waals surface area (Å²) in [5.41, 5.74) is 0.646. The zero-order chi connectivity index (χ0) is 24.0. The summed E-state index contributed by atoms with van der Waals surface area (Å²) < 4.78 is 59.4. The fourth-order valence-electron chi connectivity index (χ4n) is 4.52. The molecule has 0 aromatic heterocycles. The summed E-state index contributed by atoms with van der Waals surface area (Å²) >= 11 is 0. The van der Waals surface area contributed by atoms with Crippen LogP contribution in [0.5, 0.6) is 0 Å². The molecule has 4 rings (SSSR count). The maximum atomic E-state index is 13.5. The van der Waals surface area contributed by atoms with Gasteiger partial charge in [-0.1, -0.05) is 36.4 Å². The molecular formula is C23H24F4N2O4. The van der Waals surface area contributed by atoms with Crippen molar-refractivity contribution >= 4 is 5.91 Å². The van der Waals surface area contributed by atoms with Gasteiger partial charge in [0, 0.05) is 6.54 Å². The van der Waals surface area contributed by atoms with Gasteiger partial charge < -0.3 is 19.8 Å². The van der Waals surface area contributed by atoms with Gasteiger partial charge in [-0.05, 0) is 48.6 Å². The Bertz CT molecular complexity index is 1020. The van der Waals surface area contributed by atoms with Crippen molar-refractivity contribution in [1.29, 1.82) is 0 Å². The Morgan fingerprint density at radius 3 is 2.55 bits per heavy atom. The number of aliphatic hydroxyl groups excluding tert-OH is 2. The minimum atomic E-state index is -4.71. The van der Waals surface area contributed by atoms with E-state index in [9.17, 15) is 32.6 Å². The molecule has 6 nitrogen and oxygen atoms in total. The molecule has 1 heterocycles. The van der Waals surface area contributed by atoms with Gasteiger partial charge in [0.2, 0.25) is 12.3 Å². The average Bonchev–Trinajstić information content (AvgIpc) is 3.25. The number of ether oxygens (including phenoxy) is 1. The van der Waals surface area contributed by atoms with Crippen LogP contribution in [0.2, 0.25) is 0 Å². The Balaban J connectivity index is 1.57. The van der Waals surface area contributed by atoms with E-state index in [1.165, 1.54) is 12.1 Å². The highest BCUT2D eigenvalue weighted by molar-refractivity contribution is 5.78. The fraction of sp³-hybridized carbons (Fsp3) is 0.435. The van der Waals surface area contributed by atoms with Crippen LogP contribution in [-0.4, -0.2) is 57.3 Å². The molecule has 2 aromatic carbocycles. The molecule has 1 aliphatic heterocycles. The third-order valence-corrected chi connectivity index (χ3v) is 6.42. The van der Waals surface area contributed by atoms with Gasteiger partial charge in [0.05, 0.1) is 6.54 Å². The van der Waals surface area contributed by atoms with Gasteiger partial charge in [-0.25, -0.2) is 9.29 Å². The first-order valence-electron chi connectivity index (χ1n) is 10.5. The maximum Gasteiger partial charge on any atom is 0.408 e. The van der Waals surface area contributed by atoms with Gasteiger partial charge in [-0.2, -0.15) is 13.2 Å². The molecule has 1 aliphatic carbocycles. The minimum absolute atomic E-state index is 0.306. The highest BCUT2D eigenvalue weighted by atomic mass is 19.4. The number of hydrogen-bond donors (Lipinski definition) is 2. The van der Waals surface area contributed by atoms with Crippen molar-refractivity contribution in [2.24, 2.45) is 0 Å². The number of rotatable bonds is 5. The summed E-state index contributed by atoms with van der Waals surface area (Å²) in [7, 11) is 0. The van der Waals surface area contributed by atoms with E-state index in [1.54, 1.807) is 12.1 Å². The van der Waals surface area contributed by atoms with Crippen molar-refractivity contribution < 1.29 is 37.3 Å². The van der Waals surface area contributed by atoms with E-state index in [1.807, 2.05) is 12.1 Å². The van der Waals surface area contributed by atoms with Crippen molar-refractivity contribution in [2.75, 3.05) is 6.54 Å². The molecule has 1 spiro atoms. The second-order valence-corrected chi connectivity index (χ2v) is 8.40. The summed E-state index contributed by atoms with van der Waals surface area (Å²) in [5, 5.41) is 21.5. The molecular weight excluding hydrogens is 444 g/mol. The highest BCUT2D eigenvalue weighted by Gasteiger charge is 2.57. The fourth-order valence-corrected chi connectivity index (χ4v) is 4.52. The van der Waals surface area contributed by atoms with Crippen molar-refractivity contribution in [3.8, 4) is 0 Å². The number of halogens is 4. The Kier molecular flexibility index (Phi) is 6.21.